The van der Waals surface area contributed by atoms with E-state index in [2.05, 4.69) is 5.32 Å². The van der Waals surface area contributed by atoms with Crippen LogP contribution in [0.5, 0.6) is 0 Å². The minimum absolute atomic E-state index is 0.0508. The molecule has 2 N–H and O–H groups in total. The van der Waals surface area contributed by atoms with Crippen LogP contribution < -0.4 is 5.32 Å². The third-order valence-corrected chi connectivity index (χ3v) is 4.85. The predicted molar refractivity (Wildman–Crippen MR) is 76.5 cm³/mol. The molecule has 0 aliphatic carbocycles. The number of carboxylic acids is 1. The summed E-state index contributed by atoms with van der Waals surface area (Å²) in [6, 6.07) is 4.84. The number of amides is 1. The Balaban J connectivity index is 3.16. The zero-order valence-electron chi connectivity index (χ0n) is 12.0. The van der Waals surface area contributed by atoms with Crippen LogP contribution in [0.1, 0.15) is 24.2 Å². The monoisotopic (exact) mass is 314 g/mol. The zero-order chi connectivity index (χ0) is 16.2. The first-order chi connectivity index (χ1) is 9.70. The van der Waals surface area contributed by atoms with Crippen LogP contribution in [0.2, 0.25) is 0 Å². The summed E-state index contributed by atoms with van der Waals surface area (Å²) >= 11 is 0. The van der Waals surface area contributed by atoms with Crippen molar-refractivity contribution < 1.29 is 23.1 Å². The lowest BCUT2D eigenvalue weighted by Crippen LogP contribution is -2.40. The molecule has 0 aliphatic heterocycles. The molecule has 8 heteroatoms. The van der Waals surface area contributed by atoms with Gasteiger partial charge in [-0.1, -0.05) is 0 Å². The van der Waals surface area contributed by atoms with Gasteiger partial charge in [0.15, 0.2) is 0 Å². The van der Waals surface area contributed by atoms with Crippen LogP contribution in [0.15, 0.2) is 29.2 Å². The summed E-state index contributed by atoms with van der Waals surface area (Å²) in [6.07, 6.45) is 0. The van der Waals surface area contributed by atoms with E-state index >= 15 is 0 Å². The Morgan fingerprint density at radius 2 is 1.76 bits per heavy atom. The number of carbonyl (C=O) groups excluding carboxylic acids is 1. The summed E-state index contributed by atoms with van der Waals surface area (Å²) < 4.78 is 25.7. The summed E-state index contributed by atoms with van der Waals surface area (Å²) in [7, 11) is -2.45. The normalized spacial score (nSPS) is 11.7. The molecule has 1 rings (SSSR count). The second-order valence-corrected chi connectivity index (χ2v) is 6.53. The van der Waals surface area contributed by atoms with Crippen molar-refractivity contribution in [2.45, 2.75) is 24.8 Å². The van der Waals surface area contributed by atoms with Gasteiger partial charge >= 0.3 is 5.97 Å². The van der Waals surface area contributed by atoms with E-state index in [1.54, 1.807) is 13.8 Å². The van der Waals surface area contributed by atoms with Crippen LogP contribution in [-0.2, 0) is 14.8 Å². The van der Waals surface area contributed by atoms with Crippen molar-refractivity contribution in [3.63, 3.8) is 0 Å². The summed E-state index contributed by atoms with van der Waals surface area (Å²) in [5.74, 6) is -1.56. The van der Waals surface area contributed by atoms with Crippen LogP contribution >= 0.6 is 0 Å². The van der Waals surface area contributed by atoms with Gasteiger partial charge in [-0.2, -0.15) is 4.31 Å². The fourth-order valence-electron chi connectivity index (χ4n) is 1.74. The van der Waals surface area contributed by atoms with Gasteiger partial charge in [-0.25, -0.2) is 8.42 Å². The van der Waals surface area contributed by atoms with Crippen molar-refractivity contribution >= 4 is 21.9 Å². The Bertz CT molecular complexity index is 622. The molecule has 0 spiro atoms. The summed E-state index contributed by atoms with van der Waals surface area (Å²) in [4.78, 5) is 22.2. The van der Waals surface area contributed by atoms with Gasteiger partial charge in [0.1, 0.15) is 6.54 Å². The highest BCUT2D eigenvalue weighted by Crippen LogP contribution is 2.18. The van der Waals surface area contributed by atoms with E-state index in [0.29, 0.717) is 5.56 Å². The first kappa shape index (κ1) is 17.1. The Kier molecular flexibility index (Phi) is 5.45. The maximum Gasteiger partial charge on any atom is 0.318 e. The lowest BCUT2D eigenvalue weighted by molar-refractivity contribution is -0.137. The van der Waals surface area contributed by atoms with Gasteiger partial charge < -0.3 is 10.4 Å². The van der Waals surface area contributed by atoms with E-state index in [0.717, 1.165) is 4.31 Å². The van der Waals surface area contributed by atoms with Gasteiger partial charge in [-0.3, -0.25) is 9.59 Å². The molecule has 0 heterocycles. The Hall–Kier alpha value is -1.93. The molecule has 0 atom stereocenters. The molecule has 0 radical (unpaired) electrons. The SMILES string of the molecule is CNC(=O)c1ccc(S(=O)(=O)N(CC(=O)O)C(C)C)cc1. The smallest absolute Gasteiger partial charge is 0.318 e. The van der Waals surface area contributed by atoms with Crippen molar-refractivity contribution in [3.05, 3.63) is 29.8 Å². The number of nitrogens with one attached hydrogen (secondary N) is 1. The lowest BCUT2D eigenvalue weighted by Gasteiger charge is -2.24. The lowest BCUT2D eigenvalue weighted by atomic mass is 10.2. The molecule has 0 fully saturated rings. The number of carbonyl (C=O) groups is 2. The van der Waals surface area contributed by atoms with E-state index in [1.165, 1.54) is 31.3 Å². The fourth-order valence-corrected chi connectivity index (χ4v) is 3.32. The first-order valence-corrected chi connectivity index (χ1v) is 7.70. The molecule has 21 heavy (non-hydrogen) atoms. The van der Waals surface area contributed by atoms with Crippen molar-refractivity contribution in [2.75, 3.05) is 13.6 Å². The average Bonchev–Trinajstić information content (AvgIpc) is 2.43. The quantitative estimate of drug-likeness (QED) is 0.797. The van der Waals surface area contributed by atoms with Crippen LogP contribution in [0.4, 0.5) is 0 Å². The predicted octanol–water partition coefficient (Wildman–Crippen LogP) is 0.530. The van der Waals surface area contributed by atoms with E-state index in [-0.39, 0.29) is 10.8 Å². The number of sulfonamides is 1. The molecule has 0 saturated heterocycles. The first-order valence-electron chi connectivity index (χ1n) is 6.26. The third-order valence-electron chi connectivity index (χ3n) is 2.82. The number of benzene rings is 1. The van der Waals surface area contributed by atoms with Crippen molar-refractivity contribution in [1.29, 1.82) is 0 Å². The van der Waals surface area contributed by atoms with Gasteiger partial charge in [0.25, 0.3) is 5.91 Å². The minimum atomic E-state index is -3.92. The van der Waals surface area contributed by atoms with Crippen LogP contribution in [0, 0.1) is 0 Å². The topological polar surface area (TPSA) is 104 Å². The molecule has 0 aliphatic rings. The molecule has 116 valence electrons. The molecular weight excluding hydrogens is 296 g/mol. The number of hydrogen-bond donors (Lipinski definition) is 2. The summed E-state index contributed by atoms with van der Waals surface area (Å²) in [5, 5.41) is 11.3. The van der Waals surface area contributed by atoms with E-state index in [9.17, 15) is 18.0 Å². The summed E-state index contributed by atoms with van der Waals surface area (Å²) in [6.45, 7) is 2.58. The zero-order valence-corrected chi connectivity index (χ0v) is 12.8. The number of hydrogen-bond acceptors (Lipinski definition) is 4. The van der Waals surface area contributed by atoms with E-state index in [1.807, 2.05) is 0 Å². The van der Waals surface area contributed by atoms with Gasteiger partial charge in [0, 0.05) is 18.7 Å². The maximum absolute atomic E-state index is 12.4. The van der Waals surface area contributed by atoms with Gasteiger partial charge in [-0.15, -0.1) is 0 Å². The fraction of sp³-hybridized carbons (Fsp3) is 0.385. The van der Waals surface area contributed by atoms with Gasteiger partial charge in [-0.05, 0) is 38.1 Å². The molecule has 0 unspecified atom stereocenters. The number of rotatable bonds is 6. The van der Waals surface area contributed by atoms with Crippen LogP contribution in [0.25, 0.3) is 0 Å². The highest BCUT2D eigenvalue weighted by Gasteiger charge is 2.28. The third kappa shape index (κ3) is 4.02. The molecule has 7 nitrogen and oxygen atoms in total. The van der Waals surface area contributed by atoms with Crippen molar-refractivity contribution in [1.82, 2.24) is 9.62 Å². The van der Waals surface area contributed by atoms with Gasteiger partial charge in [0.05, 0.1) is 4.90 Å². The van der Waals surface area contributed by atoms with E-state index < -0.39 is 28.6 Å². The average molecular weight is 314 g/mol. The molecule has 1 amide bonds. The number of nitrogens with zero attached hydrogens (tertiary/aromatic N) is 1. The van der Waals surface area contributed by atoms with Crippen LogP contribution in [0.3, 0.4) is 0 Å². The molecular formula is C13H18N2O5S. The van der Waals surface area contributed by atoms with E-state index in [4.69, 9.17) is 5.11 Å². The largest absolute Gasteiger partial charge is 0.480 e. The highest BCUT2D eigenvalue weighted by atomic mass is 32.2. The molecule has 1 aromatic carbocycles. The molecule has 0 aromatic heterocycles. The molecule has 0 saturated carbocycles. The van der Waals surface area contributed by atoms with Gasteiger partial charge in [0.2, 0.25) is 10.0 Å². The number of aliphatic carboxylic acids is 1. The maximum atomic E-state index is 12.4. The van der Waals surface area contributed by atoms with Crippen LogP contribution in [-0.4, -0.2) is 49.3 Å². The summed E-state index contributed by atoms with van der Waals surface area (Å²) in [5.41, 5.74) is 0.325. The second kappa shape index (κ2) is 6.68. The second-order valence-electron chi connectivity index (χ2n) is 4.64. The Labute approximate surface area is 123 Å². The van der Waals surface area contributed by atoms with Crippen molar-refractivity contribution in [3.8, 4) is 0 Å². The Morgan fingerprint density at radius 3 is 2.14 bits per heavy atom. The molecule has 0 bridgehead atoms. The Morgan fingerprint density at radius 1 is 1.24 bits per heavy atom. The minimum Gasteiger partial charge on any atom is -0.480 e. The van der Waals surface area contributed by atoms with Crippen molar-refractivity contribution in [2.24, 2.45) is 0 Å². The molecule has 1 aromatic rings. The highest BCUT2D eigenvalue weighted by molar-refractivity contribution is 7.89. The standard InChI is InChI=1S/C13H18N2O5S/c1-9(2)15(8-12(16)17)21(19,20)11-6-4-10(5-7-11)13(18)14-3/h4-7,9H,8H2,1-3H3,(H,14,18)(H,16,17). The number of carboxylic acid groups (broad SMARTS) is 1.